The van der Waals surface area contributed by atoms with Crippen LogP contribution in [0, 0.1) is 0 Å². The van der Waals surface area contributed by atoms with Crippen molar-refractivity contribution in [3.63, 3.8) is 0 Å². The molecule has 116 valence electrons. The van der Waals surface area contributed by atoms with Gasteiger partial charge in [-0.25, -0.2) is 4.99 Å². The number of para-hydroxylation sites is 1. The van der Waals surface area contributed by atoms with Crippen LogP contribution in [0.1, 0.15) is 5.56 Å². The van der Waals surface area contributed by atoms with Crippen LogP contribution in [0.15, 0.2) is 64.5 Å². The fourth-order valence-electron chi connectivity index (χ4n) is 2.12. The minimum Gasteiger partial charge on any atom is -0.378 e. The Labute approximate surface area is 139 Å². The highest BCUT2D eigenvalue weighted by molar-refractivity contribution is 8.18. The van der Waals surface area contributed by atoms with Gasteiger partial charge in [0, 0.05) is 19.8 Å². The van der Waals surface area contributed by atoms with E-state index in [1.165, 1.54) is 11.8 Å². The van der Waals surface area contributed by atoms with Gasteiger partial charge in [0.1, 0.15) is 0 Å². The van der Waals surface area contributed by atoms with E-state index in [0.29, 0.717) is 10.1 Å². The molecule has 1 saturated heterocycles. The highest BCUT2D eigenvalue weighted by Gasteiger charge is 2.23. The molecule has 0 spiro atoms. The van der Waals surface area contributed by atoms with E-state index in [2.05, 4.69) is 10.3 Å². The Morgan fingerprint density at radius 2 is 1.74 bits per heavy atom. The average Bonchev–Trinajstić information content (AvgIpc) is 2.88. The van der Waals surface area contributed by atoms with Gasteiger partial charge in [-0.05, 0) is 47.7 Å². The van der Waals surface area contributed by atoms with E-state index in [1.807, 2.05) is 79.7 Å². The van der Waals surface area contributed by atoms with Gasteiger partial charge < -0.3 is 10.2 Å². The van der Waals surface area contributed by atoms with Gasteiger partial charge in [-0.1, -0.05) is 30.3 Å². The van der Waals surface area contributed by atoms with Crippen molar-refractivity contribution in [2.75, 3.05) is 19.0 Å². The first-order valence-corrected chi connectivity index (χ1v) is 8.05. The van der Waals surface area contributed by atoms with Crippen LogP contribution in [0.4, 0.5) is 11.4 Å². The molecule has 1 amide bonds. The summed E-state index contributed by atoms with van der Waals surface area (Å²) in [5.74, 6) is -0.110. The molecule has 23 heavy (non-hydrogen) atoms. The standard InChI is InChI=1S/C18H17N3OS/c1-21(2)15-10-8-13(9-11-15)12-16-17(22)20-18(23-16)19-14-6-4-3-5-7-14/h3-12H,1-2H3,(H,19,20,22)/b16-12+. The molecule has 0 aromatic heterocycles. The lowest BCUT2D eigenvalue weighted by Gasteiger charge is -2.11. The summed E-state index contributed by atoms with van der Waals surface area (Å²) in [6.45, 7) is 0. The molecule has 2 aromatic carbocycles. The lowest BCUT2D eigenvalue weighted by Crippen LogP contribution is -2.19. The van der Waals surface area contributed by atoms with Crippen LogP contribution >= 0.6 is 11.8 Å². The molecule has 0 saturated carbocycles. The van der Waals surface area contributed by atoms with Gasteiger partial charge in [-0.3, -0.25) is 4.79 Å². The maximum atomic E-state index is 12.1. The zero-order chi connectivity index (χ0) is 16.2. The molecule has 0 bridgehead atoms. The van der Waals surface area contributed by atoms with E-state index in [4.69, 9.17) is 0 Å². The molecule has 0 atom stereocenters. The third-order valence-corrected chi connectivity index (χ3v) is 4.25. The lowest BCUT2D eigenvalue weighted by molar-refractivity contribution is -0.115. The molecule has 0 unspecified atom stereocenters. The molecular weight excluding hydrogens is 306 g/mol. The Morgan fingerprint density at radius 1 is 1.04 bits per heavy atom. The molecule has 5 heteroatoms. The zero-order valence-electron chi connectivity index (χ0n) is 13.0. The number of thioether (sulfide) groups is 1. The first-order chi connectivity index (χ1) is 11.1. The third kappa shape index (κ3) is 3.81. The summed E-state index contributed by atoms with van der Waals surface area (Å²) in [5, 5.41) is 3.41. The number of benzene rings is 2. The molecule has 4 nitrogen and oxygen atoms in total. The smallest absolute Gasteiger partial charge is 0.264 e. The van der Waals surface area contributed by atoms with Crippen LogP contribution in [0.25, 0.3) is 6.08 Å². The zero-order valence-corrected chi connectivity index (χ0v) is 13.8. The molecule has 1 heterocycles. The monoisotopic (exact) mass is 323 g/mol. The summed E-state index contributed by atoms with van der Waals surface area (Å²) in [6.07, 6.45) is 1.88. The molecular formula is C18H17N3OS. The summed E-state index contributed by atoms with van der Waals surface area (Å²) in [4.78, 5) is 19.2. The number of nitrogens with one attached hydrogen (secondary N) is 1. The second-order valence-electron chi connectivity index (χ2n) is 5.30. The quantitative estimate of drug-likeness (QED) is 0.877. The largest absolute Gasteiger partial charge is 0.378 e. The summed E-state index contributed by atoms with van der Waals surface area (Å²) in [6, 6.07) is 17.7. The van der Waals surface area contributed by atoms with Crippen molar-refractivity contribution in [2.24, 2.45) is 4.99 Å². The number of amidine groups is 1. The van der Waals surface area contributed by atoms with Crippen molar-refractivity contribution in [2.45, 2.75) is 0 Å². The number of rotatable bonds is 3. The number of hydrogen-bond acceptors (Lipinski definition) is 4. The van der Waals surface area contributed by atoms with Crippen LogP contribution in [0.3, 0.4) is 0 Å². The molecule has 0 aliphatic carbocycles. The predicted octanol–water partition coefficient (Wildman–Crippen LogP) is 3.64. The summed E-state index contributed by atoms with van der Waals surface area (Å²) < 4.78 is 0. The predicted molar refractivity (Wildman–Crippen MR) is 98.0 cm³/mol. The maximum absolute atomic E-state index is 12.1. The van der Waals surface area contributed by atoms with E-state index in [-0.39, 0.29) is 5.91 Å². The van der Waals surface area contributed by atoms with Crippen molar-refractivity contribution in [3.05, 3.63) is 65.1 Å². The number of aliphatic imine (C=N–C) groups is 1. The topological polar surface area (TPSA) is 44.7 Å². The van der Waals surface area contributed by atoms with E-state index >= 15 is 0 Å². The van der Waals surface area contributed by atoms with E-state index in [1.54, 1.807) is 0 Å². The van der Waals surface area contributed by atoms with Gasteiger partial charge in [0.2, 0.25) is 0 Å². The molecule has 0 radical (unpaired) electrons. The van der Waals surface area contributed by atoms with Crippen molar-refractivity contribution >= 4 is 40.3 Å². The SMILES string of the molecule is CN(C)c1ccc(/C=C2/SC(=Nc3ccccc3)NC2=O)cc1. The van der Waals surface area contributed by atoms with Crippen LogP contribution < -0.4 is 10.2 Å². The van der Waals surface area contributed by atoms with Gasteiger partial charge in [0.05, 0.1) is 10.6 Å². The first kappa shape index (κ1) is 15.4. The summed E-state index contributed by atoms with van der Waals surface area (Å²) >= 11 is 1.36. The lowest BCUT2D eigenvalue weighted by atomic mass is 10.2. The van der Waals surface area contributed by atoms with Gasteiger partial charge >= 0.3 is 0 Å². The molecule has 2 aromatic rings. The van der Waals surface area contributed by atoms with Gasteiger partial charge in [0.15, 0.2) is 5.17 Å². The summed E-state index contributed by atoms with van der Waals surface area (Å²) in [7, 11) is 4.00. The highest BCUT2D eigenvalue weighted by atomic mass is 32.2. The fraction of sp³-hybridized carbons (Fsp3) is 0.111. The number of carbonyl (C=O) groups excluding carboxylic acids is 1. The number of carbonyl (C=O) groups is 1. The average molecular weight is 323 g/mol. The van der Waals surface area contributed by atoms with E-state index in [9.17, 15) is 4.79 Å². The Balaban J connectivity index is 1.78. The molecule has 1 N–H and O–H groups in total. The Morgan fingerprint density at radius 3 is 2.39 bits per heavy atom. The number of anilines is 1. The van der Waals surface area contributed by atoms with E-state index < -0.39 is 0 Å². The molecule has 1 fully saturated rings. The fourth-order valence-corrected chi connectivity index (χ4v) is 2.96. The van der Waals surface area contributed by atoms with Crippen LogP contribution in [0.5, 0.6) is 0 Å². The van der Waals surface area contributed by atoms with Crippen LogP contribution in [-0.4, -0.2) is 25.2 Å². The molecule has 3 rings (SSSR count). The van der Waals surface area contributed by atoms with Crippen molar-refractivity contribution < 1.29 is 4.79 Å². The number of nitrogens with zero attached hydrogens (tertiary/aromatic N) is 2. The van der Waals surface area contributed by atoms with Gasteiger partial charge in [0.25, 0.3) is 5.91 Å². The normalized spacial score (nSPS) is 17.6. The maximum Gasteiger partial charge on any atom is 0.264 e. The second-order valence-corrected chi connectivity index (χ2v) is 6.33. The summed E-state index contributed by atoms with van der Waals surface area (Å²) in [5.41, 5.74) is 2.95. The van der Waals surface area contributed by atoms with Gasteiger partial charge in [-0.2, -0.15) is 0 Å². The number of hydrogen-bond donors (Lipinski definition) is 1. The Hall–Kier alpha value is -2.53. The van der Waals surface area contributed by atoms with E-state index in [0.717, 1.165) is 16.9 Å². The van der Waals surface area contributed by atoms with Crippen LogP contribution in [0.2, 0.25) is 0 Å². The minimum absolute atomic E-state index is 0.110. The number of amides is 1. The highest BCUT2D eigenvalue weighted by Crippen LogP contribution is 2.28. The Kier molecular flexibility index (Phi) is 4.48. The van der Waals surface area contributed by atoms with Crippen molar-refractivity contribution in [1.29, 1.82) is 0 Å². The van der Waals surface area contributed by atoms with Crippen molar-refractivity contribution in [1.82, 2.24) is 5.32 Å². The van der Waals surface area contributed by atoms with Crippen molar-refractivity contribution in [3.8, 4) is 0 Å². The Bertz CT molecular complexity index is 765. The molecule has 1 aliphatic rings. The third-order valence-electron chi connectivity index (χ3n) is 3.34. The van der Waals surface area contributed by atoms with Gasteiger partial charge in [-0.15, -0.1) is 0 Å². The minimum atomic E-state index is -0.110. The van der Waals surface area contributed by atoms with Crippen LogP contribution in [-0.2, 0) is 4.79 Å². The first-order valence-electron chi connectivity index (χ1n) is 7.24. The molecule has 1 aliphatic heterocycles. The second kappa shape index (κ2) is 6.71.